The van der Waals surface area contributed by atoms with Crippen LogP contribution in [-0.2, 0) is 0 Å². The van der Waals surface area contributed by atoms with Crippen LogP contribution in [-0.4, -0.2) is 16.1 Å². The van der Waals surface area contributed by atoms with E-state index in [1.54, 1.807) is 31.2 Å². The van der Waals surface area contributed by atoms with E-state index in [4.69, 9.17) is 10.4 Å². The summed E-state index contributed by atoms with van der Waals surface area (Å²) < 4.78 is 0. The maximum Gasteiger partial charge on any atom is 0.355 e. The van der Waals surface area contributed by atoms with Gasteiger partial charge in [-0.05, 0) is 31.2 Å². The predicted molar refractivity (Wildman–Crippen MR) is 68.3 cm³/mol. The Labute approximate surface area is 107 Å². The highest BCUT2D eigenvalue weighted by molar-refractivity contribution is 7.15. The average molecular weight is 259 g/mol. The molecule has 0 radical (unpaired) electrons. The van der Waals surface area contributed by atoms with Gasteiger partial charge in [-0.1, -0.05) is 0 Å². The molecule has 2 aromatic rings. The Kier molecular flexibility index (Phi) is 3.26. The lowest BCUT2D eigenvalue weighted by atomic mass is 10.2. The van der Waals surface area contributed by atoms with Gasteiger partial charge in [0.05, 0.1) is 11.6 Å². The molecular formula is C12H9N3O2S. The molecule has 0 fully saturated rings. The number of thiazole rings is 1. The lowest BCUT2D eigenvalue weighted by Crippen LogP contribution is -1.99. The SMILES string of the molecule is Cc1sc(Nc2ccc(C#N)cc2)nc1C(=O)O. The van der Waals surface area contributed by atoms with Crippen LogP contribution in [0.5, 0.6) is 0 Å². The number of nitriles is 1. The van der Waals surface area contributed by atoms with Crippen LogP contribution in [0.3, 0.4) is 0 Å². The summed E-state index contributed by atoms with van der Waals surface area (Å²) in [6, 6.07) is 8.88. The molecule has 0 unspecified atom stereocenters. The van der Waals surface area contributed by atoms with E-state index in [2.05, 4.69) is 10.3 Å². The summed E-state index contributed by atoms with van der Waals surface area (Å²) in [4.78, 5) is 15.5. The van der Waals surface area contributed by atoms with Crippen LogP contribution in [0, 0.1) is 18.3 Å². The normalized spacial score (nSPS) is 9.78. The van der Waals surface area contributed by atoms with E-state index >= 15 is 0 Å². The second-order valence-corrected chi connectivity index (χ2v) is 4.75. The monoisotopic (exact) mass is 259 g/mol. The van der Waals surface area contributed by atoms with Gasteiger partial charge in [-0.2, -0.15) is 5.26 Å². The van der Waals surface area contributed by atoms with Crippen molar-refractivity contribution >= 4 is 28.1 Å². The number of benzene rings is 1. The molecule has 0 spiro atoms. The molecular weight excluding hydrogens is 250 g/mol. The maximum absolute atomic E-state index is 10.9. The second-order valence-electron chi connectivity index (χ2n) is 3.54. The van der Waals surface area contributed by atoms with Crippen molar-refractivity contribution in [1.29, 1.82) is 5.26 Å². The lowest BCUT2D eigenvalue weighted by molar-refractivity contribution is 0.0690. The number of nitrogens with one attached hydrogen (secondary N) is 1. The first-order valence-corrected chi connectivity index (χ1v) is 5.89. The molecule has 0 aliphatic rings. The standard InChI is InChI=1S/C12H9N3O2S/c1-7-10(11(16)17)15-12(18-7)14-9-4-2-8(6-13)3-5-9/h2-5H,1H3,(H,14,15)(H,16,17). The molecule has 0 aliphatic heterocycles. The van der Waals surface area contributed by atoms with E-state index in [-0.39, 0.29) is 5.69 Å². The number of hydrogen-bond donors (Lipinski definition) is 2. The van der Waals surface area contributed by atoms with Crippen molar-refractivity contribution in [3.63, 3.8) is 0 Å². The van der Waals surface area contributed by atoms with E-state index in [9.17, 15) is 4.79 Å². The summed E-state index contributed by atoms with van der Waals surface area (Å²) in [7, 11) is 0. The highest BCUT2D eigenvalue weighted by Crippen LogP contribution is 2.25. The van der Waals surface area contributed by atoms with E-state index in [0.29, 0.717) is 15.6 Å². The number of anilines is 2. The number of aromatic nitrogens is 1. The van der Waals surface area contributed by atoms with Crippen LogP contribution in [0.2, 0.25) is 0 Å². The minimum atomic E-state index is -1.03. The van der Waals surface area contributed by atoms with Crippen molar-refractivity contribution in [2.45, 2.75) is 6.92 Å². The molecule has 2 rings (SSSR count). The lowest BCUT2D eigenvalue weighted by Gasteiger charge is -2.01. The molecule has 0 aliphatic carbocycles. The highest BCUT2D eigenvalue weighted by Gasteiger charge is 2.13. The Morgan fingerprint density at radius 3 is 2.61 bits per heavy atom. The maximum atomic E-state index is 10.9. The van der Waals surface area contributed by atoms with Crippen LogP contribution in [0.25, 0.3) is 0 Å². The first-order valence-electron chi connectivity index (χ1n) is 5.08. The van der Waals surface area contributed by atoms with Crippen LogP contribution in [0.15, 0.2) is 24.3 Å². The fraction of sp³-hybridized carbons (Fsp3) is 0.0833. The first kappa shape index (κ1) is 12.1. The largest absolute Gasteiger partial charge is 0.476 e. The number of rotatable bonds is 3. The van der Waals surface area contributed by atoms with Gasteiger partial charge in [0, 0.05) is 10.6 Å². The number of nitrogens with zero attached hydrogens (tertiary/aromatic N) is 2. The van der Waals surface area contributed by atoms with Gasteiger partial charge in [0.1, 0.15) is 0 Å². The van der Waals surface area contributed by atoms with Crippen molar-refractivity contribution in [2.75, 3.05) is 5.32 Å². The third kappa shape index (κ3) is 2.47. The molecule has 1 heterocycles. The fourth-order valence-electron chi connectivity index (χ4n) is 1.40. The number of hydrogen-bond acceptors (Lipinski definition) is 5. The number of aryl methyl sites for hydroxylation is 1. The summed E-state index contributed by atoms with van der Waals surface area (Å²) in [5.41, 5.74) is 1.40. The van der Waals surface area contributed by atoms with Crippen molar-refractivity contribution < 1.29 is 9.90 Å². The first-order chi connectivity index (χ1) is 8.60. The molecule has 0 bridgehead atoms. The number of aromatic carboxylic acids is 1. The van der Waals surface area contributed by atoms with Gasteiger partial charge in [0.25, 0.3) is 0 Å². The minimum absolute atomic E-state index is 0.0659. The smallest absolute Gasteiger partial charge is 0.355 e. The molecule has 2 N–H and O–H groups in total. The zero-order valence-electron chi connectivity index (χ0n) is 9.47. The van der Waals surface area contributed by atoms with E-state index < -0.39 is 5.97 Å². The third-order valence-electron chi connectivity index (χ3n) is 2.26. The van der Waals surface area contributed by atoms with Crippen molar-refractivity contribution in [3.05, 3.63) is 40.4 Å². The van der Waals surface area contributed by atoms with Gasteiger partial charge in [0.15, 0.2) is 10.8 Å². The zero-order valence-corrected chi connectivity index (χ0v) is 10.3. The molecule has 90 valence electrons. The Balaban J connectivity index is 2.21. The molecule has 0 amide bonds. The number of carboxylic acids is 1. The Hall–Kier alpha value is -2.39. The Morgan fingerprint density at radius 2 is 2.11 bits per heavy atom. The summed E-state index contributed by atoms with van der Waals surface area (Å²) in [6.45, 7) is 1.71. The summed E-state index contributed by atoms with van der Waals surface area (Å²) >= 11 is 1.28. The zero-order chi connectivity index (χ0) is 13.1. The Bertz CT molecular complexity index is 626. The molecule has 18 heavy (non-hydrogen) atoms. The number of carbonyl (C=O) groups is 1. The second kappa shape index (κ2) is 4.85. The van der Waals surface area contributed by atoms with Gasteiger partial charge >= 0.3 is 5.97 Å². The van der Waals surface area contributed by atoms with Crippen LogP contribution >= 0.6 is 11.3 Å². The molecule has 0 atom stereocenters. The van der Waals surface area contributed by atoms with E-state index in [1.807, 2.05) is 6.07 Å². The van der Waals surface area contributed by atoms with Crippen molar-refractivity contribution in [2.24, 2.45) is 0 Å². The minimum Gasteiger partial charge on any atom is -0.476 e. The van der Waals surface area contributed by atoms with Gasteiger partial charge in [-0.3, -0.25) is 0 Å². The van der Waals surface area contributed by atoms with Crippen LogP contribution in [0.1, 0.15) is 20.9 Å². The van der Waals surface area contributed by atoms with Gasteiger partial charge < -0.3 is 10.4 Å². The van der Waals surface area contributed by atoms with Gasteiger partial charge in [0.2, 0.25) is 0 Å². The Morgan fingerprint density at radius 1 is 1.44 bits per heavy atom. The number of carboxylic acid groups (broad SMARTS) is 1. The fourth-order valence-corrected chi connectivity index (χ4v) is 2.23. The average Bonchev–Trinajstić information content (AvgIpc) is 2.71. The van der Waals surface area contributed by atoms with Crippen molar-refractivity contribution in [1.82, 2.24) is 4.98 Å². The van der Waals surface area contributed by atoms with E-state index in [1.165, 1.54) is 11.3 Å². The van der Waals surface area contributed by atoms with Gasteiger partial charge in [-0.25, -0.2) is 9.78 Å². The summed E-state index contributed by atoms with van der Waals surface area (Å²) in [5, 5.41) is 21.1. The topological polar surface area (TPSA) is 86.0 Å². The summed E-state index contributed by atoms with van der Waals surface area (Å²) in [6.07, 6.45) is 0. The van der Waals surface area contributed by atoms with Gasteiger partial charge in [-0.15, -0.1) is 11.3 Å². The van der Waals surface area contributed by atoms with Crippen LogP contribution < -0.4 is 5.32 Å². The molecule has 0 saturated heterocycles. The van der Waals surface area contributed by atoms with Crippen molar-refractivity contribution in [3.8, 4) is 6.07 Å². The quantitative estimate of drug-likeness (QED) is 0.885. The molecule has 0 saturated carbocycles. The predicted octanol–water partition coefficient (Wildman–Crippen LogP) is 2.77. The molecule has 5 nitrogen and oxygen atoms in total. The third-order valence-corrected chi connectivity index (χ3v) is 3.15. The molecule has 1 aromatic heterocycles. The molecule has 1 aromatic carbocycles. The molecule has 6 heteroatoms. The van der Waals surface area contributed by atoms with E-state index in [0.717, 1.165) is 5.69 Å². The van der Waals surface area contributed by atoms with Crippen LogP contribution in [0.4, 0.5) is 10.8 Å². The summed E-state index contributed by atoms with van der Waals surface area (Å²) in [5.74, 6) is -1.03. The highest BCUT2D eigenvalue weighted by atomic mass is 32.1.